The zero-order chi connectivity index (χ0) is 21.1. The van der Waals surface area contributed by atoms with Crippen molar-refractivity contribution in [3.8, 4) is 0 Å². The van der Waals surface area contributed by atoms with Gasteiger partial charge >= 0.3 is 5.97 Å². The Balaban J connectivity index is 0.000000257. The summed E-state index contributed by atoms with van der Waals surface area (Å²) >= 11 is 0. The Bertz CT molecular complexity index is 882. The van der Waals surface area contributed by atoms with E-state index in [1.807, 2.05) is 0 Å². The van der Waals surface area contributed by atoms with E-state index in [2.05, 4.69) is 95.7 Å². The lowest BCUT2D eigenvalue weighted by Crippen LogP contribution is -2.10. The molecule has 7 heteroatoms. The maximum atomic E-state index is 10.2. The number of benzene rings is 3. The fourth-order valence-corrected chi connectivity index (χ4v) is 4.91. The average Bonchev–Trinajstić information content (AvgIpc) is 2.74. The number of esters is 1. The predicted molar refractivity (Wildman–Crippen MR) is 113 cm³/mol. The maximum Gasteiger partial charge on any atom is 0.306 e. The highest BCUT2D eigenvalue weighted by atomic mass is 32.2. The van der Waals surface area contributed by atoms with Crippen LogP contribution in [0.3, 0.4) is 0 Å². The van der Waals surface area contributed by atoms with Gasteiger partial charge in [0.05, 0.1) is 34.5 Å². The van der Waals surface area contributed by atoms with Crippen molar-refractivity contribution >= 4 is 27.0 Å². The second-order valence-corrected chi connectivity index (χ2v) is 9.38. The summed E-state index contributed by atoms with van der Waals surface area (Å²) in [5, 5.41) is 0. The molecule has 29 heavy (non-hydrogen) atoms. The first-order valence-corrected chi connectivity index (χ1v) is 11.6. The molecule has 0 aromatic heterocycles. The van der Waals surface area contributed by atoms with Crippen molar-refractivity contribution in [3.63, 3.8) is 0 Å². The van der Waals surface area contributed by atoms with E-state index in [1.54, 1.807) is 0 Å². The van der Waals surface area contributed by atoms with Gasteiger partial charge in [0.1, 0.15) is 0 Å². The molecular formula is C22H22O5S2. The van der Waals surface area contributed by atoms with Gasteiger partial charge in [0, 0.05) is 5.75 Å². The Hall–Kier alpha value is -2.61. The van der Waals surface area contributed by atoms with E-state index < -0.39 is 21.8 Å². The Kier molecular flexibility index (Phi) is 8.92. The minimum atomic E-state index is -4.28. The SMILES string of the molecule is COC(=O)CCS(=O)(=O)[O-].c1ccc([S+](c2ccccc2)c2ccccc2)cc1. The third-order valence-electron chi connectivity index (χ3n) is 3.72. The fraction of sp³-hybridized carbons (Fsp3) is 0.136. The molecule has 3 aromatic carbocycles. The molecule has 0 radical (unpaired) electrons. The predicted octanol–water partition coefficient (Wildman–Crippen LogP) is 3.88. The molecule has 3 aromatic rings. The molecule has 0 fully saturated rings. The first kappa shape index (κ1) is 22.7. The molecule has 152 valence electrons. The lowest BCUT2D eigenvalue weighted by Gasteiger charge is -2.07. The lowest BCUT2D eigenvalue weighted by atomic mass is 10.4. The van der Waals surface area contributed by atoms with Crippen LogP contribution in [0.5, 0.6) is 0 Å². The van der Waals surface area contributed by atoms with E-state index in [0.29, 0.717) is 0 Å². The first-order chi connectivity index (χ1) is 13.9. The zero-order valence-corrected chi connectivity index (χ0v) is 17.6. The van der Waals surface area contributed by atoms with Gasteiger partial charge < -0.3 is 9.29 Å². The van der Waals surface area contributed by atoms with Crippen molar-refractivity contribution in [1.29, 1.82) is 0 Å². The summed E-state index contributed by atoms with van der Waals surface area (Å²) in [4.78, 5) is 14.3. The van der Waals surface area contributed by atoms with Crippen LogP contribution in [0.1, 0.15) is 6.42 Å². The molecule has 0 bridgehead atoms. The van der Waals surface area contributed by atoms with Crippen molar-refractivity contribution in [3.05, 3.63) is 91.0 Å². The van der Waals surface area contributed by atoms with Crippen LogP contribution in [0.15, 0.2) is 106 Å². The fourth-order valence-electron chi connectivity index (χ4n) is 2.39. The van der Waals surface area contributed by atoms with Crippen LogP contribution in [0.25, 0.3) is 0 Å². The molecule has 0 heterocycles. The van der Waals surface area contributed by atoms with Gasteiger partial charge in [0.15, 0.2) is 14.7 Å². The van der Waals surface area contributed by atoms with Crippen LogP contribution in [-0.4, -0.2) is 31.8 Å². The third kappa shape index (κ3) is 8.11. The number of carbonyl (C=O) groups excluding carboxylic acids is 1. The Labute approximate surface area is 174 Å². The number of rotatable bonds is 6. The quantitative estimate of drug-likeness (QED) is 0.337. The highest BCUT2D eigenvalue weighted by Crippen LogP contribution is 2.30. The highest BCUT2D eigenvalue weighted by Gasteiger charge is 2.27. The molecule has 0 spiro atoms. The number of carbonyl (C=O) groups is 1. The van der Waals surface area contributed by atoms with E-state index >= 15 is 0 Å². The summed E-state index contributed by atoms with van der Waals surface area (Å²) in [5.74, 6) is -1.39. The molecule has 0 atom stereocenters. The number of hydrogen-bond donors (Lipinski definition) is 0. The summed E-state index contributed by atoms with van der Waals surface area (Å²) < 4.78 is 33.8. The zero-order valence-electron chi connectivity index (χ0n) is 15.9. The highest BCUT2D eigenvalue weighted by molar-refractivity contribution is 7.97. The van der Waals surface area contributed by atoms with E-state index in [0.717, 1.165) is 7.11 Å². The summed E-state index contributed by atoms with van der Waals surface area (Å²) in [6, 6.07) is 32.2. The van der Waals surface area contributed by atoms with Crippen molar-refractivity contribution in [2.75, 3.05) is 12.9 Å². The van der Waals surface area contributed by atoms with Gasteiger partial charge in [-0.1, -0.05) is 54.6 Å². The summed E-state index contributed by atoms with van der Waals surface area (Å²) in [6.45, 7) is 0. The topological polar surface area (TPSA) is 83.5 Å². The molecule has 0 aliphatic carbocycles. The van der Waals surface area contributed by atoms with Gasteiger partial charge in [-0.2, -0.15) is 0 Å². The van der Waals surface area contributed by atoms with Crippen molar-refractivity contribution in [1.82, 2.24) is 0 Å². The number of methoxy groups -OCH3 is 1. The minimum absolute atomic E-state index is 0.0146. The average molecular weight is 431 g/mol. The Morgan fingerprint density at radius 2 is 1.14 bits per heavy atom. The summed E-state index contributed by atoms with van der Waals surface area (Å²) in [7, 11) is -3.17. The molecule has 5 nitrogen and oxygen atoms in total. The number of ether oxygens (including phenoxy) is 1. The van der Waals surface area contributed by atoms with Gasteiger partial charge in [-0.3, -0.25) is 4.79 Å². The van der Waals surface area contributed by atoms with Gasteiger partial charge in [0.2, 0.25) is 0 Å². The van der Waals surface area contributed by atoms with Crippen LogP contribution in [-0.2, 0) is 30.5 Å². The Morgan fingerprint density at radius 3 is 1.41 bits per heavy atom. The molecule has 0 N–H and O–H groups in total. The van der Waals surface area contributed by atoms with E-state index in [9.17, 15) is 17.8 Å². The standard InChI is InChI=1S/C18H15S.C4H8O5S/c1-4-10-16(11-5-1)19(17-12-6-2-7-13-17)18-14-8-3-9-15-18;1-9-4(5)2-3-10(6,7)8/h1-15H;2-3H2,1H3,(H,6,7,8)/q+1;/p-1. The van der Waals surface area contributed by atoms with Crippen LogP contribution in [0.4, 0.5) is 0 Å². The van der Waals surface area contributed by atoms with Crippen LogP contribution in [0, 0.1) is 0 Å². The molecule has 3 rings (SSSR count). The third-order valence-corrected chi connectivity index (χ3v) is 6.66. The summed E-state index contributed by atoms with van der Waals surface area (Å²) in [6.07, 6.45) is -0.373. The lowest BCUT2D eigenvalue weighted by molar-refractivity contribution is -0.140. The smallest absolute Gasteiger partial charge is 0.306 e. The van der Waals surface area contributed by atoms with Gasteiger partial charge in [-0.05, 0) is 36.4 Å². The van der Waals surface area contributed by atoms with Crippen LogP contribution < -0.4 is 0 Å². The van der Waals surface area contributed by atoms with E-state index in [4.69, 9.17) is 0 Å². The summed E-state index contributed by atoms with van der Waals surface area (Å²) in [5.41, 5.74) is 0. The van der Waals surface area contributed by atoms with Crippen molar-refractivity contribution in [2.45, 2.75) is 21.1 Å². The molecule has 0 saturated carbocycles. The largest absolute Gasteiger partial charge is 0.748 e. The molecule has 0 aliphatic rings. The molecule has 0 aliphatic heterocycles. The van der Waals surface area contributed by atoms with E-state index in [1.165, 1.54) is 14.7 Å². The van der Waals surface area contributed by atoms with Gasteiger partial charge in [-0.15, -0.1) is 0 Å². The second-order valence-electron chi connectivity index (χ2n) is 5.83. The van der Waals surface area contributed by atoms with Crippen molar-refractivity contribution in [2.24, 2.45) is 0 Å². The molecule has 0 saturated heterocycles. The van der Waals surface area contributed by atoms with Gasteiger partial charge in [0.25, 0.3) is 0 Å². The Morgan fingerprint density at radius 1 is 0.793 bits per heavy atom. The molecular weight excluding hydrogens is 408 g/mol. The maximum absolute atomic E-state index is 10.2. The molecule has 0 amide bonds. The number of hydrogen-bond acceptors (Lipinski definition) is 5. The van der Waals surface area contributed by atoms with Crippen LogP contribution in [0.2, 0.25) is 0 Å². The van der Waals surface area contributed by atoms with Crippen molar-refractivity contribution < 1.29 is 22.5 Å². The second kappa shape index (κ2) is 11.4. The normalized spacial score (nSPS) is 10.7. The van der Waals surface area contributed by atoms with Crippen LogP contribution >= 0.6 is 0 Å². The first-order valence-electron chi connectivity index (χ1n) is 8.80. The minimum Gasteiger partial charge on any atom is -0.748 e. The van der Waals surface area contributed by atoms with Gasteiger partial charge in [-0.25, -0.2) is 8.42 Å². The molecule has 0 unspecified atom stereocenters. The van der Waals surface area contributed by atoms with E-state index in [-0.39, 0.29) is 17.3 Å². The monoisotopic (exact) mass is 430 g/mol.